The molecule has 4 nitrogen and oxygen atoms in total. The number of fused-ring (bicyclic) bond motifs is 1. The third-order valence-electron chi connectivity index (χ3n) is 5.12. The van der Waals surface area contributed by atoms with Gasteiger partial charge in [-0.05, 0) is 42.7 Å². The highest BCUT2D eigenvalue weighted by molar-refractivity contribution is 6.30. The summed E-state index contributed by atoms with van der Waals surface area (Å²) >= 11 is 6.02. The number of para-hydroxylation sites is 2. The second-order valence-corrected chi connectivity index (χ2v) is 7.47. The first kappa shape index (κ1) is 17.1. The summed E-state index contributed by atoms with van der Waals surface area (Å²) in [5.74, 6) is 1.28. The molecular formula is C21H22ClN3O. The first-order chi connectivity index (χ1) is 12.6. The number of imidazole rings is 1. The van der Waals surface area contributed by atoms with Crippen LogP contribution in [0.4, 0.5) is 0 Å². The molecular weight excluding hydrogens is 346 g/mol. The van der Waals surface area contributed by atoms with Crippen LogP contribution in [0.1, 0.15) is 31.2 Å². The van der Waals surface area contributed by atoms with E-state index in [4.69, 9.17) is 16.6 Å². The minimum absolute atomic E-state index is 0.109. The molecule has 0 spiro atoms. The van der Waals surface area contributed by atoms with Crippen molar-refractivity contribution in [1.82, 2.24) is 14.5 Å². The van der Waals surface area contributed by atoms with Crippen molar-refractivity contribution in [3.05, 3.63) is 64.9 Å². The van der Waals surface area contributed by atoms with Gasteiger partial charge in [0.15, 0.2) is 0 Å². The number of amides is 1. The minimum Gasteiger partial charge on any atom is -0.335 e. The molecule has 2 heterocycles. The zero-order valence-corrected chi connectivity index (χ0v) is 15.6. The number of hydrogen-bond acceptors (Lipinski definition) is 2. The first-order valence-corrected chi connectivity index (χ1v) is 9.47. The van der Waals surface area contributed by atoms with E-state index in [0.29, 0.717) is 13.1 Å². The Morgan fingerprint density at radius 2 is 1.88 bits per heavy atom. The van der Waals surface area contributed by atoms with Crippen LogP contribution >= 0.6 is 11.6 Å². The van der Waals surface area contributed by atoms with Crippen LogP contribution in [0.25, 0.3) is 11.0 Å². The first-order valence-electron chi connectivity index (χ1n) is 9.09. The van der Waals surface area contributed by atoms with E-state index < -0.39 is 0 Å². The van der Waals surface area contributed by atoms with Crippen LogP contribution in [0.15, 0.2) is 48.5 Å². The van der Waals surface area contributed by atoms with Crippen molar-refractivity contribution in [2.45, 2.75) is 32.9 Å². The van der Waals surface area contributed by atoms with Gasteiger partial charge in [0, 0.05) is 24.0 Å². The van der Waals surface area contributed by atoms with Gasteiger partial charge in [0.2, 0.25) is 5.91 Å². The molecule has 0 bridgehead atoms. The van der Waals surface area contributed by atoms with Gasteiger partial charge >= 0.3 is 0 Å². The van der Waals surface area contributed by atoms with Gasteiger partial charge < -0.3 is 9.47 Å². The van der Waals surface area contributed by atoms with Crippen molar-refractivity contribution in [1.29, 1.82) is 0 Å². The summed E-state index contributed by atoms with van der Waals surface area (Å²) < 4.78 is 2.21. The summed E-state index contributed by atoms with van der Waals surface area (Å²) in [6, 6.07) is 16.0. The second-order valence-electron chi connectivity index (χ2n) is 7.03. The number of likely N-dealkylation sites (tertiary alicyclic amines) is 1. The van der Waals surface area contributed by atoms with Crippen LogP contribution < -0.4 is 0 Å². The fourth-order valence-corrected chi connectivity index (χ4v) is 3.78. The molecule has 1 atom stereocenters. The Morgan fingerprint density at radius 3 is 2.69 bits per heavy atom. The van der Waals surface area contributed by atoms with Crippen molar-refractivity contribution in [3.8, 4) is 0 Å². The molecule has 5 heteroatoms. The Labute approximate surface area is 158 Å². The normalized spacial score (nSPS) is 17.8. The number of hydrogen-bond donors (Lipinski definition) is 0. The minimum atomic E-state index is 0.109. The average Bonchev–Trinajstić information content (AvgIpc) is 2.98. The maximum Gasteiger partial charge on any atom is 0.225 e. The van der Waals surface area contributed by atoms with Crippen molar-refractivity contribution in [3.63, 3.8) is 0 Å². The van der Waals surface area contributed by atoms with E-state index in [-0.39, 0.29) is 11.8 Å². The zero-order valence-electron chi connectivity index (χ0n) is 14.9. The maximum atomic E-state index is 12.5. The lowest BCUT2D eigenvalue weighted by atomic mass is 9.99. The molecule has 1 saturated heterocycles. The van der Waals surface area contributed by atoms with Gasteiger partial charge in [0.05, 0.1) is 17.6 Å². The zero-order chi connectivity index (χ0) is 18.1. The molecule has 0 saturated carbocycles. The largest absolute Gasteiger partial charge is 0.335 e. The molecule has 4 rings (SSSR count). The summed E-state index contributed by atoms with van der Waals surface area (Å²) in [5.41, 5.74) is 3.22. The van der Waals surface area contributed by atoms with Crippen LogP contribution in [0.5, 0.6) is 0 Å². The Balaban J connectivity index is 1.69. The lowest BCUT2D eigenvalue weighted by molar-refractivity contribution is -0.138. The molecule has 26 heavy (non-hydrogen) atoms. The summed E-state index contributed by atoms with van der Waals surface area (Å²) in [5, 5.41) is 0.734. The van der Waals surface area contributed by atoms with Gasteiger partial charge in [-0.2, -0.15) is 0 Å². The van der Waals surface area contributed by atoms with E-state index in [9.17, 15) is 4.79 Å². The molecule has 1 aliphatic heterocycles. The van der Waals surface area contributed by atoms with Crippen LogP contribution in [-0.2, 0) is 17.9 Å². The number of halogens is 1. The Hall–Kier alpha value is -2.33. The van der Waals surface area contributed by atoms with Gasteiger partial charge in [-0.3, -0.25) is 4.79 Å². The van der Waals surface area contributed by atoms with Crippen molar-refractivity contribution < 1.29 is 4.79 Å². The molecule has 0 N–H and O–H groups in total. The maximum absolute atomic E-state index is 12.5. The van der Waals surface area contributed by atoms with Crippen LogP contribution in [0.3, 0.4) is 0 Å². The third-order valence-corrected chi connectivity index (χ3v) is 5.37. The SMILES string of the molecule is CC1CCCN(Cc2nc3ccccc3n2Cc2ccc(Cl)cc2)C1=O. The quantitative estimate of drug-likeness (QED) is 0.681. The number of nitrogens with zero attached hydrogens (tertiary/aromatic N) is 3. The third kappa shape index (κ3) is 3.34. The monoisotopic (exact) mass is 367 g/mol. The van der Waals surface area contributed by atoms with Gasteiger partial charge in [-0.25, -0.2) is 4.98 Å². The van der Waals surface area contributed by atoms with E-state index in [1.165, 1.54) is 0 Å². The van der Waals surface area contributed by atoms with Gasteiger partial charge in [0.1, 0.15) is 5.82 Å². The van der Waals surface area contributed by atoms with Crippen LogP contribution in [0.2, 0.25) is 5.02 Å². The molecule has 0 radical (unpaired) electrons. The van der Waals surface area contributed by atoms with E-state index in [2.05, 4.69) is 10.6 Å². The number of carbonyl (C=O) groups is 1. The van der Waals surface area contributed by atoms with Crippen molar-refractivity contribution in [2.75, 3.05) is 6.54 Å². The highest BCUT2D eigenvalue weighted by Gasteiger charge is 2.26. The van der Waals surface area contributed by atoms with E-state index >= 15 is 0 Å². The summed E-state index contributed by atoms with van der Waals surface area (Å²) in [4.78, 5) is 19.3. The summed E-state index contributed by atoms with van der Waals surface area (Å²) in [7, 11) is 0. The lowest BCUT2D eigenvalue weighted by Crippen LogP contribution is -2.40. The van der Waals surface area contributed by atoms with Crippen molar-refractivity contribution >= 4 is 28.5 Å². The summed E-state index contributed by atoms with van der Waals surface area (Å²) in [6.45, 7) is 4.11. The molecule has 1 aliphatic rings. The Bertz CT molecular complexity index is 932. The van der Waals surface area contributed by atoms with Crippen LogP contribution in [-0.4, -0.2) is 26.9 Å². The van der Waals surface area contributed by atoms with E-state index in [1.807, 2.05) is 54.3 Å². The Morgan fingerprint density at radius 1 is 1.12 bits per heavy atom. The highest BCUT2D eigenvalue weighted by Crippen LogP contribution is 2.23. The average molecular weight is 368 g/mol. The topological polar surface area (TPSA) is 38.1 Å². The lowest BCUT2D eigenvalue weighted by Gasteiger charge is -2.30. The summed E-state index contributed by atoms with van der Waals surface area (Å²) in [6.07, 6.45) is 2.04. The van der Waals surface area contributed by atoms with Gasteiger partial charge in [-0.1, -0.05) is 42.8 Å². The molecule has 0 aliphatic carbocycles. The Kier molecular flexibility index (Phi) is 4.68. The number of piperidine rings is 1. The number of carbonyl (C=O) groups excluding carboxylic acids is 1. The van der Waals surface area contributed by atoms with E-state index in [1.54, 1.807) is 0 Å². The molecule has 2 aromatic carbocycles. The molecule has 1 amide bonds. The molecule has 1 unspecified atom stereocenters. The second kappa shape index (κ2) is 7.12. The predicted octanol–water partition coefficient (Wildman–Crippen LogP) is 4.50. The number of aromatic nitrogens is 2. The fourth-order valence-electron chi connectivity index (χ4n) is 3.66. The predicted molar refractivity (Wildman–Crippen MR) is 104 cm³/mol. The van der Waals surface area contributed by atoms with Crippen LogP contribution in [0, 0.1) is 5.92 Å². The molecule has 1 fully saturated rings. The highest BCUT2D eigenvalue weighted by atomic mass is 35.5. The molecule has 3 aromatic rings. The van der Waals surface area contributed by atoms with Gasteiger partial charge in [-0.15, -0.1) is 0 Å². The number of rotatable bonds is 4. The van der Waals surface area contributed by atoms with E-state index in [0.717, 1.165) is 46.8 Å². The van der Waals surface area contributed by atoms with Crippen molar-refractivity contribution in [2.24, 2.45) is 5.92 Å². The smallest absolute Gasteiger partial charge is 0.225 e. The molecule has 134 valence electrons. The number of benzene rings is 2. The van der Waals surface area contributed by atoms with Gasteiger partial charge in [0.25, 0.3) is 0 Å². The fraction of sp³-hybridized carbons (Fsp3) is 0.333. The standard InChI is InChI=1S/C21H22ClN3O/c1-15-5-4-12-24(21(15)26)14-20-23-18-6-2-3-7-19(18)25(20)13-16-8-10-17(22)11-9-16/h2-3,6-11,15H,4-5,12-14H2,1H3. The molecule has 1 aromatic heterocycles.